The zero-order valence-electron chi connectivity index (χ0n) is 19.4. The first-order chi connectivity index (χ1) is 16.8. The van der Waals surface area contributed by atoms with E-state index in [0.29, 0.717) is 30.3 Å². The van der Waals surface area contributed by atoms with Crippen molar-refractivity contribution in [1.82, 2.24) is 14.5 Å². The fourth-order valence-corrected chi connectivity index (χ4v) is 5.65. The summed E-state index contributed by atoms with van der Waals surface area (Å²) < 4.78 is 53.5. The lowest BCUT2D eigenvalue weighted by molar-refractivity contribution is -0.170. The number of aromatic nitrogens is 3. The fourth-order valence-electron chi connectivity index (χ4n) is 4.87. The molecule has 36 heavy (non-hydrogen) atoms. The minimum atomic E-state index is -3.51. The number of aryl methyl sites for hydroxylation is 1. The maximum atomic E-state index is 13.2. The van der Waals surface area contributed by atoms with Crippen molar-refractivity contribution in [2.45, 2.75) is 25.7 Å². The van der Waals surface area contributed by atoms with Crippen LogP contribution in [0.2, 0.25) is 5.02 Å². The molecule has 13 heteroatoms. The lowest BCUT2D eigenvalue weighted by Gasteiger charge is -2.59. The maximum Gasteiger partial charge on any atom is 0.257 e. The molecule has 1 aliphatic carbocycles. The van der Waals surface area contributed by atoms with E-state index in [-0.39, 0.29) is 29.0 Å². The van der Waals surface area contributed by atoms with E-state index in [1.165, 1.54) is 18.2 Å². The van der Waals surface area contributed by atoms with Gasteiger partial charge in [-0.1, -0.05) is 11.6 Å². The second-order valence-electron chi connectivity index (χ2n) is 9.60. The van der Waals surface area contributed by atoms with Crippen LogP contribution in [0.25, 0.3) is 5.95 Å². The molecule has 0 radical (unpaired) electrons. The number of carbonyl (C=O) groups excluding carboxylic acids is 1. The molecule has 1 saturated carbocycles. The highest BCUT2D eigenvalue weighted by Gasteiger charge is 2.61. The number of anilines is 3. The Kier molecular flexibility index (Phi) is 5.71. The minimum absolute atomic E-state index is 0.0619. The van der Waals surface area contributed by atoms with E-state index in [4.69, 9.17) is 11.6 Å². The predicted molar refractivity (Wildman–Crippen MR) is 133 cm³/mol. The van der Waals surface area contributed by atoms with Crippen LogP contribution in [0.5, 0.6) is 0 Å². The number of sulfonamides is 1. The van der Waals surface area contributed by atoms with Crippen LogP contribution in [0, 0.1) is 12.3 Å². The molecule has 1 spiro atoms. The predicted octanol–water partition coefficient (Wildman–Crippen LogP) is 4.09. The number of rotatable bonds is 6. The molecule has 2 N–H and O–H groups in total. The highest BCUT2D eigenvalue weighted by atomic mass is 35.5. The van der Waals surface area contributed by atoms with Crippen LogP contribution in [-0.2, 0) is 10.0 Å². The molecule has 3 aromatic rings. The van der Waals surface area contributed by atoms with Crippen LogP contribution in [0.15, 0.2) is 42.9 Å². The number of halogens is 3. The van der Waals surface area contributed by atoms with Crippen LogP contribution in [0.3, 0.4) is 0 Å². The second kappa shape index (κ2) is 8.41. The summed E-state index contributed by atoms with van der Waals surface area (Å²) >= 11 is 6.06. The standard InChI is InChI=1S/C23H23ClF2N6O3S/c1-14-3-15(20(33)29-17-4-16(24)5-18(6-17)30-36(2,34)35)9-32(14)21-27-7-19(8-28-21)31-12-22(13-31)10-23(25,26)11-22/h3-9,30H,10-13H2,1-2H3,(H,29,33). The molecular weight excluding hydrogens is 514 g/mol. The molecule has 2 aliphatic rings. The topological polar surface area (TPSA) is 109 Å². The zero-order chi connectivity index (χ0) is 25.9. The van der Waals surface area contributed by atoms with Crippen molar-refractivity contribution in [2.24, 2.45) is 5.41 Å². The van der Waals surface area contributed by atoms with Crippen molar-refractivity contribution < 1.29 is 22.0 Å². The molecule has 1 aliphatic heterocycles. The fraction of sp³-hybridized carbons (Fsp3) is 0.348. The Balaban J connectivity index is 1.27. The summed E-state index contributed by atoms with van der Waals surface area (Å²) in [6, 6.07) is 6.06. The van der Waals surface area contributed by atoms with Gasteiger partial charge in [0.2, 0.25) is 21.9 Å². The van der Waals surface area contributed by atoms with E-state index in [1.807, 2.05) is 4.90 Å². The first-order valence-corrected chi connectivity index (χ1v) is 13.3. The second-order valence-corrected chi connectivity index (χ2v) is 11.8. The van der Waals surface area contributed by atoms with Gasteiger partial charge >= 0.3 is 0 Å². The van der Waals surface area contributed by atoms with Crippen LogP contribution in [-0.4, -0.2) is 54.1 Å². The Labute approximate surface area is 211 Å². The summed E-state index contributed by atoms with van der Waals surface area (Å²) in [5, 5.41) is 2.96. The molecule has 2 aromatic heterocycles. The third kappa shape index (κ3) is 5.00. The number of carbonyl (C=O) groups is 1. The number of nitrogens with zero attached hydrogens (tertiary/aromatic N) is 4. The first-order valence-electron chi connectivity index (χ1n) is 11.0. The average molecular weight is 537 g/mol. The summed E-state index contributed by atoms with van der Waals surface area (Å²) in [7, 11) is -3.51. The van der Waals surface area contributed by atoms with Crippen molar-refractivity contribution in [3.05, 3.63) is 59.1 Å². The Morgan fingerprint density at radius 2 is 1.72 bits per heavy atom. The molecule has 3 heterocycles. The zero-order valence-corrected chi connectivity index (χ0v) is 21.0. The lowest BCUT2D eigenvalue weighted by Crippen LogP contribution is -2.66. The van der Waals surface area contributed by atoms with E-state index in [2.05, 4.69) is 20.0 Å². The number of hydrogen-bond acceptors (Lipinski definition) is 6. The Morgan fingerprint density at radius 3 is 2.33 bits per heavy atom. The van der Waals surface area contributed by atoms with Crippen LogP contribution in [0.1, 0.15) is 28.9 Å². The van der Waals surface area contributed by atoms with Crippen LogP contribution in [0.4, 0.5) is 25.8 Å². The molecule has 1 amide bonds. The lowest BCUT2D eigenvalue weighted by atomic mass is 9.61. The largest absolute Gasteiger partial charge is 0.368 e. The van der Waals surface area contributed by atoms with Gasteiger partial charge in [-0.05, 0) is 31.2 Å². The number of benzene rings is 1. The number of alkyl halides is 2. The van der Waals surface area contributed by atoms with Gasteiger partial charge in [-0.3, -0.25) is 14.1 Å². The summed E-state index contributed by atoms with van der Waals surface area (Å²) in [4.78, 5) is 23.6. The summed E-state index contributed by atoms with van der Waals surface area (Å²) in [5.74, 6) is -2.60. The van der Waals surface area contributed by atoms with Gasteiger partial charge in [0.25, 0.3) is 5.91 Å². The van der Waals surface area contributed by atoms with Crippen LogP contribution >= 0.6 is 11.6 Å². The van der Waals surface area contributed by atoms with Crippen molar-refractivity contribution in [2.75, 3.05) is 34.3 Å². The van der Waals surface area contributed by atoms with Crippen LogP contribution < -0.4 is 14.9 Å². The Bertz CT molecular complexity index is 1440. The van der Waals surface area contributed by atoms with Crippen molar-refractivity contribution >= 4 is 44.6 Å². The van der Waals surface area contributed by atoms with Crippen molar-refractivity contribution in [1.29, 1.82) is 0 Å². The number of amides is 1. The molecule has 5 rings (SSSR count). The highest BCUT2D eigenvalue weighted by molar-refractivity contribution is 7.92. The molecule has 9 nitrogen and oxygen atoms in total. The van der Waals surface area contributed by atoms with Gasteiger partial charge in [0.1, 0.15) is 0 Å². The minimum Gasteiger partial charge on any atom is -0.368 e. The van der Waals surface area contributed by atoms with Gasteiger partial charge in [-0.2, -0.15) is 0 Å². The SMILES string of the molecule is Cc1cc(C(=O)Nc2cc(Cl)cc(NS(C)(=O)=O)c2)cn1-c1ncc(N2CC3(C2)CC(F)(F)C3)cn1. The van der Waals surface area contributed by atoms with Crippen molar-refractivity contribution in [3.8, 4) is 5.95 Å². The van der Waals surface area contributed by atoms with E-state index in [1.54, 1.807) is 36.1 Å². The van der Waals surface area contributed by atoms with Gasteiger partial charge in [-0.25, -0.2) is 27.2 Å². The van der Waals surface area contributed by atoms with E-state index >= 15 is 0 Å². The van der Waals surface area contributed by atoms with Gasteiger partial charge in [-0.15, -0.1) is 0 Å². The molecule has 190 valence electrons. The summed E-state index contributed by atoms with van der Waals surface area (Å²) in [6.45, 7) is 2.95. The molecule has 1 aromatic carbocycles. The Morgan fingerprint density at radius 1 is 1.08 bits per heavy atom. The van der Waals surface area contributed by atoms with E-state index in [9.17, 15) is 22.0 Å². The van der Waals surface area contributed by atoms with Gasteiger partial charge < -0.3 is 10.2 Å². The number of hydrogen-bond donors (Lipinski definition) is 2. The third-order valence-corrected chi connectivity index (χ3v) is 7.08. The first kappa shape index (κ1) is 24.4. The van der Waals surface area contributed by atoms with Gasteiger partial charge in [0.05, 0.1) is 35.6 Å². The van der Waals surface area contributed by atoms with Gasteiger partial charge in [0.15, 0.2) is 0 Å². The molecular formula is C23H23ClF2N6O3S. The quantitative estimate of drug-likeness (QED) is 0.491. The number of nitrogens with one attached hydrogen (secondary N) is 2. The molecule has 1 saturated heterocycles. The summed E-state index contributed by atoms with van der Waals surface area (Å²) in [6.07, 6.45) is 5.78. The van der Waals surface area contributed by atoms with Gasteiger partial charge in [0, 0.05) is 53.9 Å². The molecule has 0 atom stereocenters. The summed E-state index contributed by atoms with van der Waals surface area (Å²) in [5.41, 5.74) is 2.09. The molecule has 0 unspecified atom stereocenters. The molecule has 0 bridgehead atoms. The molecule has 2 fully saturated rings. The Hall–Kier alpha value is -3.25. The smallest absolute Gasteiger partial charge is 0.257 e. The van der Waals surface area contributed by atoms with E-state index in [0.717, 1.165) is 17.6 Å². The van der Waals surface area contributed by atoms with E-state index < -0.39 is 21.9 Å². The van der Waals surface area contributed by atoms with Crippen molar-refractivity contribution in [3.63, 3.8) is 0 Å². The third-order valence-electron chi connectivity index (χ3n) is 6.26. The highest BCUT2D eigenvalue weighted by Crippen LogP contribution is 2.57. The normalized spacial score (nSPS) is 17.9. The maximum absolute atomic E-state index is 13.2. The monoisotopic (exact) mass is 536 g/mol. The average Bonchev–Trinajstić information content (AvgIpc) is 3.10.